The Morgan fingerprint density at radius 1 is 0.577 bits per heavy atom. The van der Waals surface area contributed by atoms with E-state index in [1.54, 1.807) is 24.3 Å². The van der Waals surface area contributed by atoms with Gasteiger partial charge in [0.2, 0.25) is 0 Å². The molecule has 8 heteroatoms. The van der Waals surface area contributed by atoms with Crippen LogP contribution in [0.5, 0.6) is 0 Å². The first-order chi connectivity index (χ1) is 12.5. The molecule has 2 aromatic carbocycles. The fourth-order valence-corrected chi connectivity index (χ4v) is 3.70. The minimum Gasteiger partial charge on any atom is -0.356 e. The van der Waals surface area contributed by atoms with Crippen molar-refractivity contribution >= 4 is 34.4 Å². The van der Waals surface area contributed by atoms with Crippen LogP contribution >= 0.6 is 0 Å². The van der Waals surface area contributed by atoms with Gasteiger partial charge in [0.05, 0.1) is 26.2 Å². The SMILES string of the molecule is [NH3+]CCN1C(=O)c2ccc3c4c(ccc(c24)C1=O)C(=O)N(CC[NH3+])C3=O. The molecule has 0 saturated heterocycles. The Balaban J connectivity index is 2.02. The molecule has 4 amide bonds. The van der Waals surface area contributed by atoms with Gasteiger partial charge in [-0.1, -0.05) is 0 Å². The summed E-state index contributed by atoms with van der Waals surface area (Å²) in [5.74, 6) is -1.69. The summed E-state index contributed by atoms with van der Waals surface area (Å²) in [4.78, 5) is 53.3. The van der Waals surface area contributed by atoms with Gasteiger partial charge in [-0.05, 0) is 24.3 Å². The van der Waals surface area contributed by atoms with Crippen LogP contribution in [0.1, 0.15) is 41.4 Å². The third-order valence-electron chi connectivity index (χ3n) is 4.83. The second-order valence-electron chi connectivity index (χ2n) is 6.30. The second-order valence-corrected chi connectivity index (χ2v) is 6.30. The Hall–Kier alpha value is -3.10. The van der Waals surface area contributed by atoms with Crippen LogP contribution in [0.2, 0.25) is 0 Å². The van der Waals surface area contributed by atoms with Crippen molar-refractivity contribution in [1.82, 2.24) is 9.80 Å². The molecule has 2 aromatic rings. The molecule has 0 bridgehead atoms. The van der Waals surface area contributed by atoms with E-state index in [2.05, 4.69) is 11.5 Å². The highest BCUT2D eigenvalue weighted by molar-refractivity contribution is 6.33. The van der Waals surface area contributed by atoms with Crippen molar-refractivity contribution in [1.29, 1.82) is 0 Å². The first-order valence-electron chi connectivity index (χ1n) is 8.41. The zero-order valence-electron chi connectivity index (χ0n) is 14.1. The zero-order valence-corrected chi connectivity index (χ0v) is 14.1. The van der Waals surface area contributed by atoms with E-state index >= 15 is 0 Å². The van der Waals surface area contributed by atoms with E-state index in [-0.39, 0.29) is 13.1 Å². The maximum atomic E-state index is 12.8. The number of nitrogens with zero attached hydrogens (tertiary/aromatic N) is 2. The summed E-state index contributed by atoms with van der Waals surface area (Å²) in [6.07, 6.45) is 0. The van der Waals surface area contributed by atoms with Crippen LogP contribution in [0.15, 0.2) is 24.3 Å². The predicted octanol–water partition coefficient (Wildman–Crippen LogP) is -1.48. The van der Waals surface area contributed by atoms with Crippen LogP contribution < -0.4 is 11.5 Å². The predicted molar refractivity (Wildman–Crippen MR) is 90.2 cm³/mol. The summed E-state index contributed by atoms with van der Waals surface area (Å²) in [5.41, 5.74) is 8.74. The number of quaternary nitrogens is 2. The molecule has 2 aliphatic heterocycles. The minimum absolute atomic E-state index is 0.219. The summed E-state index contributed by atoms with van der Waals surface area (Å²) in [6.45, 7) is 1.25. The molecule has 0 spiro atoms. The Kier molecular flexibility index (Phi) is 3.60. The van der Waals surface area contributed by atoms with Crippen LogP contribution in [0.25, 0.3) is 10.8 Å². The zero-order chi connectivity index (χ0) is 18.6. The number of hydrogen-bond donors (Lipinski definition) is 2. The fraction of sp³-hybridized carbons (Fsp3) is 0.222. The van der Waals surface area contributed by atoms with Crippen LogP contribution in [0, 0.1) is 0 Å². The van der Waals surface area contributed by atoms with Gasteiger partial charge in [0.25, 0.3) is 23.6 Å². The molecule has 8 nitrogen and oxygen atoms in total. The van der Waals surface area contributed by atoms with Gasteiger partial charge in [-0.15, -0.1) is 0 Å². The smallest absolute Gasteiger partial charge is 0.261 e. The number of hydrogen-bond acceptors (Lipinski definition) is 4. The van der Waals surface area contributed by atoms with Crippen molar-refractivity contribution in [3.05, 3.63) is 46.5 Å². The highest BCUT2D eigenvalue weighted by Gasteiger charge is 2.39. The van der Waals surface area contributed by atoms with Gasteiger partial charge in [0.1, 0.15) is 0 Å². The van der Waals surface area contributed by atoms with Crippen molar-refractivity contribution in [2.75, 3.05) is 26.2 Å². The van der Waals surface area contributed by atoms with Gasteiger partial charge in [0, 0.05) is 33.0 Å². The standard InChI is InChI=1S/C18H16N4O4/c19-5-7-21-15(23)9-1-2-10-14-12(4-3-11(13(9)14)17(21)25)18(26)22(8-6-20)16(10)24/h1-4H,5-8,19-20H2/p+2. The fourth-order valence-electron chi connectivity index (χ4n) is 3.70. The normalized spacial score (nSPS) is 16.1. The molecule has 0 radical (unpaired) electrons. The molecule has 0 fully saturated rings. The van der Waals surface area contributed by atoms with Crippen molar-refractivity contribution in [3.8, 4) is 0 Å². The van der Waals surface area contributed by atoms with E-state index in [1.165, 1.54) is 0 Å². The molecular weight excluding hydrogens is 336 g/mol. The van der Waals surface area contributed by atoms with Crippen molar-refractivity contribution in [3.63, 3.8) is 0 Å². The monoisotopic (exact) mass is 354 g/mol. The van der Waals surface area contributed by atoms with Gasteiger partial charge < -0.3 is 11.5 Å². The lowest BCUT2D eigenvalue weighted by Crippen LogP contribution is -2.57. The molecule has 26 heavy (non-hydrogen) atoms. The maximum absolute atomic E-state index is 12.8. The lowest BCUT2D eigenvalue weighted by Gasteiger charge is -2.31. The topological polar surface area (TPSA) is 130 Å². The summed E-state index contributed by atoms with van der Waals surface area (Å²) >= 11 is 0. The summed E-state index contributed by atoms with van der Waals surface area (Å²) < 4.78 is 0. The lowest BCUT2D eigenvalue weighted by atomic mass is 9.86. The molecule has 2 heterocycles. The molecule has 0 aromatic heterocycles. The molecule has 6 N–H and O–H groups in total. The average molecular weight is 354 g/mol. The van der Waals surface area contributed by atoms with Crippen molar-refractivity contribution in [2.45, 2.75) is 0 Å². The van der Waals surface area contributed by atoms with Gasteiger partial charge in [-0.25, -0.2) is 0 Å². The lowest BCUT2D eigenvalue weighted by molar-refractivity contribution is -0.367. The van der Waals surface area contributed by atoms with Gasteiger partial charge in [0.15, 0.2) is 0 Å². The molecular formula is C18H18N4O4+2. The van der Waals surface area contributed by atoms with E-state index in [0.29, 0.717) is 46.1 Å². The molecule has 132 valence electrons. The quantitative estimate of drug-likeness (QED) is 0.648. The molecule has 4 rings (SSSR count). The van der Waals surface area contributed by atoms with Crippen LogP contribution in [0.4, 0.5) is 0 Å². The minimum atomic E-state index is -0.421. The number of rotatable bonds is 4. The first-order valence-corrected chi connectivity index (χ1v) is 8.41. The van der Waals surface area contributed by atoms with E-state index in [0.717, 1.165) is 9.80 Å². The van der Waals surface area contributed by atoms with E-state index < -0.39 is 23.6 Å². The van der Waals surface area contributed by atoms with E-state index in [9.17, 15) is 19.2 Å². The van der Waals surface area contributed by atoms with Crippen LogP contribution in [-0.2, 0) is 0 Å². The molecule has 0 saturated carbocycles. The van der Waals surface area contributed by atoms with E-state index in [4.69, 9.17) is 0 Å². The van der Waals surface area contributed by atoms with Gasteiger partial charge in [-0.3, -0.25) is 29.0 Å². The Bertz CT molecular complexity index is 863. The van der Waals surface area contributed by atoms with Gasteiger partial charge in [-0.2, -0.15) is 0 Å². The molecule has 2 aliphatic rings. The third-order valence-corrected chi connectivity index (χ3v) is 4.83. The second kappa shape index (κ2) is 5.72. The number of imide groups is 2. The highest BCUT2D eigenvalue weighted by Crippen LogP contribution is 2.37. The third kappa shape index (κ3) is 1.97. The molecule has 0 unspecified atom stereocenters. The first kappa shape index (κ1) is 16.4. The number of amides is 4. The average Bonchev–Trinajstić information content (AvgIpc) is 2.64. The largest absolute Gasteiger partial charge is 0.356 e. The number of benzene rings is 2. The van der Waals surface area contributed by atoms with Crippen molar-refractivity contribution < 1.29 is 30.6 Å². The summed E-state index contributed by atoms with van der Waals surface area (Å²) in [7, 11) is 0. The van der Waals surface area contributed by atoms with Gasteiger partial charge >= 0.3 is 0 Å². The Morgan fingerprint density at radius 3 is 1.08 bits per heavy atom. The highest BCUT2D eigenvalue weighted by atomic mass is 16.2. The number of carbonyl (C=O) groups excluding carboxylic acids is 4. The van der Waals surface area contributed by atoms with E-state index in [1.807, 2.05) is 0 Å². The maximum Gasteiger partial charge on any atom is 0.261 e. The summed E-state index contributed by atoms with van der Waals surface area (Å²) in [5, 5.41) is 0.789. The summed E-state index contributed by atoms with van der Waals surface area (Å²) in [6, 6.07) is 6.25. The molecule has 0 aliphatic carbocycles. The van der Waals surface area contributed by atoms with Crippen LogP contribution in [0.3, 0.4) is 0 Å². The number of carbonyl (C=O) groups is 4. The van der Waals surface area contributed by atoms with Crippen LogP contribution in [-0.4, -0.2) is 59.6 Å². The Morgan fingerprint density at radius 2 is 0.846 bits per heavy atom. The Labute approximate surface area is 148 Å². The molecule has 0 atom stereocenters. The van der Waals surface area contributed by atoms with Crippen molar-refractivity contribution in [2.24, 2.45) is 0 Å².